The highest BCUT2D eigenvalue weighted by Crippen LogP contribution is 2.33. The van der Waals surface area contributed by atoms with Crippen LogP contribution in [0.2, 0.25) is 10.0 Å². The summed E-state index contributed by atoms with van der Waals surface area (Å²) in [7, 11) is 0. The van der Waals surface area contributed by atoms with E-state index in [1.165, 1.54) is 6.07 Å². The van der Waals surface area contributed by atoms with Crippen molar-refractivity contribution >= 4 is 40.5 Å². The number of nitriles is 1. The number of nitro benzene ring substituents is 1. The summed E-state index contributed by atoms with van der Waals surface area (Å²) in [5, 5.41) is 21.5. The summed E-state index contributed by atoms with van der Waals surface area (Å²) < 4.78 is 5.72. The highest BCUT2D eigenvalue weighted by Gasteiger charge is 2.18. The van der Waals surface area contributed by atoms with E-state index >= 15 is 0 Å². The fraction of sp³-hybridized carbons (Fsp3) is 0.0500. The van der Waals surface area contributed by atoms with E-state index < -0.39 is 4.92 Å². The van der Waals surface area contributed by atoms with Gasteiger partial charge >= 0.3 is 0 Å². The van der Waals surface area contributed by atoms with E-state index in [9.17, 15) is 15.4 Å². The van der Waals surface area contributed by atoms with E-state index in [-0.39, 0.29) is 5.69 Å². The lowest BCUT2D eigenvalue weighted by molar-refractivity contribution is -0.384. The zero-order chi connectivity index (χ0) is 19.6. The van der Waals surface area contributed by atoms with Crippen molar-refractivity contribution in [3.05, 3.63) is 85.6 Å². The molecular weight excluding hydrogens is 387 g/mol. The van der Waals surface area contributed by atoms with Crippen LogP contribution in [0, 0.1) is 28.4 Å². The molecule has 0 saturated heterocycles. The molecule has 0 fully saturated rings. The van der Waals surface area contributed by atoms with Crippen LogP contribution in [-0.2, 0) is 0 Å². The molecule has 2 aromatic carbocycles. The molecule has 0 N–H and O–H groups in total. The summed E-state index contributed by atoms with van der Waals surface area (Å²) in [5.41, 5.74) is 2.03. The van der Waals surface area contributed by atoms with Gasteiger partial charge < -0.3 is 4.42 Å². The maximum atomic E-state index is 11.3. The van der Waals surface area contributed by atoms with Crippen LogP contribution in [0.3, 0.4) is 0 Å². The third-order valence-electron chi connectivity index (χ3n) is 3.88. The number of aryl methyl sites for hydroxylation is 1. The summed E-state index contributed by atoms with van der Waals surface area (Å²) in [6.45, 7) is 1.78. The first-order chi connectivity index (χ1) is 12.9. The molecule has 0 atom stereocenters. The Balaban J connectivity index is 2.00. The van der Waals surface area contributed by atoms with Gasteiger partial charge in [-0.15, -0.1) is 0 Å². The molecule has 3 aromatic rings. The Labute approximate surface area is 165 Å². The molecule has 0 saturated carbocycles. The van der Waals surface area contributed by atoms with Crippen LogP contribution in [-0.4, -0.2) is 4.92 Å². The van der Waals surface area contributed by atoms with Crippen LogP contribution in [0.1, 0.15) is 16.9 Å². The Hall–Kier alpha value is -3.07. The van der Waals surface area contributed by atoms with Gasteiger partial charge in [-0.05, 0) is 54.5 Å². The third-order valence-corrected chi connectivity index (χ3v) is 4.62. The van der Waals surface area contributed by atoms with Crippen LogP contribution in [0.4, 0.5) is 5.69 Å². The molecule has 0 aliphatic rings. The van der Waals surface area contributed by atoms with Crippen LogP contribution < -0.4 is 0 Å². The van der Waals surface area contributed by atoms with Crippen LogP contribution in [0.5, 0.6) is 0 Å². The van der Waals surface area contributed by atoms with Crippen LogP contribution in [0.25, 0.3) is 23.0 Å². The summed E-state index contributed by atoms with van der Waals surface area (Å²) in [4.78, 5) is 10.9. The third kappa shape index (κ3) is 4.03. The van der Waals surface area contributed by atoms with Crippen molar-refractivity contribution in [2.24, 2.45) is 0 Å². The minimum Gasteiger partial charge on any atom is -0.456 e. The molecule has 0 bridgehead atoms. The summed E-state index contributed by atoms with van der Waals surface area (Å²) >= 11 is 11.9. The van der Waals surface area contributed by atoms with Crippen LogP contribution >= 0.6 is 23.2 Å². The predicted octanol–water partition coefficient (Wildman–Crippen LogP) is 6.53. The van der Waals surface area contributed by atoms with E-state index in [4.69, 9.17) is 27.6 Å². The minimum absolute atomic E-state index is 0.0372. The molecule has 1 aromatic heterocycles. The largest absolute Gasteiger partial charge is 0.456 e. The Bertz CT molecular complexity index is 1110. The molecule has 0 radical (unpaired) electrons. The quantitative estimate of drug-likeness (QED) is 0.284. The molecule has 3 rings (SSSR count). The molecule has 27 heavy (non-hydrogen) atoms. The van der Waals surface area contributed by atoms with Crippen molar-refractivity contribution in [1.82, 2.24) is 0 Å². The normalized spacial score (nSPS) is 11.3. The number of nitrogens with zero attached hydrogens (tertiary/aromatic N) is 2. The van der Waals surface area contributed by atoms with Gasteiger partial charge in [0.1, 0.15) is 11.5 Å². The van der Waals surface area contributed by atoms with Crippen molar-refractivity contribution in [3.63, 3.8) is 0 Å². The van der Waals surface area contributed by atoms with Gasteiger partial charge in [-0.1, -0.05) is 35.3 Å². The number of rotatable bonds is 4. The highest BCUT2D eigenvalue weighted by atomic mass is 35.5. The predicted molar refractivity (Wildman–Crippen MR) is 105 cm³/mol. The maximum absolute atomic E-state index is 11.3. The zero-order valence-electron chi connectivity index (χ0n) is 14.1. The minimum atomic E-state index is -0.448. The number of furan rings is 1. The first-order valence-electron chi connectivity index (χ1n) is 7.81. The van der Waals surface area contributed by atoms with E-state index in [1.807, 2.05) is 0 Å². The summed E-state index contributed by atoms with van der Waals surface area (Å²) in [6.07, 6.45) is 1.54. The smallest absolute Gasteiger partial charge is 0.280 e. The average molecular weight is 399 g/mol. The second kappa shape index (κ2) is 7.67. The lowest BCUT2D eigenvalue weighted by Crippen LogP contribution is -1.92. The van der Waals surface area contributed by atoms with E-state index in [1.54, 1.807) is 55.5 Å². The number of benzene rings is 2. The molecule has 7 heteroatoms. The van der Waals surface area contributed by atoms with E-state index in [0.29, 0.717) is 38.3 Å². The number of nitro groups is 1. The Kier molecular flexibility index (Phi) is 5.31. The van der Waals surface area contributed by atoms with Crippen molar-refractivity contribution < 1.29 is 9.34 Å². The Morgan fingerprint density at radius 3 is 2.59 bits per heavy atom. The summed E-state index contributed by atoms with van der Waals surface area (Å²) in [6, 6.07) is 15.2. The summed E-state index contributed by atoms with van der Waals surface area (Å²) in [5.74, 6) is 0.738. The molecule has 134 valence electrons. The molecule has 0 aliphatic carbocycles. The average Bonchev–Trinajstić information content (AvgIpc) is 3.10. The molecular formula is C20H12Cl2N2O3. The van der Waals surface area contributed by atoms with Gasteiger partial charge in [-0.2, -0.15) is 5.26 Å². The van der Waals surface area contributed by atoms with Crippen LogP contribution in [0.15, 0.2) is 52.9 Å². The Morgan fingerprint density at radius 2 is 1.93 bits per heavy atom. The van der Waals surface area contributed by atoms with E-state index in [0.717, 1.165) is 5.56 Å². The first-order valence-corrected chi connectivity index (χ1v) is 8.57. The number of allylic oxidation sites excluding steroid dienone is 1. The number of hydrogen-bond donors (Lipinski definition) is 0. The maximum Gasteiger partial charge on any atom is 0.280 e. The number of hydrogen-bond acceptors (Lipinski definition) is 4. The molecule has 1 heterocycles. The molecule has 0 unspecified atom stereocenters. The van der Waals surface area contributed by atoms with Gasteiger partial charge in [-0.25, -0.2) is 0 Å². The van der Waals surface area contributed by atoms with E-state index in [2.05, 4.69) is 6.07 Å². The van der Waals surface area contributed by atoms with Crippen molar-refractivity contribution in [3.8, 4) is 17.4 Å². The monoisotopic (exact) mass is 398 g/mol. The van der Waals surface area contributed by atoms with Gasteiger partial charge in [0.05, 0.1) is 32.2 Å². The number of halogens is 2. The van der Waals surface area contributed by atoms with Crippen molar-refractivity contribution in [2.45, 2.75) is 6.92 Å². The van der Waals surface area contributed by atoms with Gasteiger partial charge in [0.25, 0.3) is 5.69 Å². The molecule has 0 aliphatic heterocycles. The first kappa shape index (κ1) is 18.7. The fourth-order valence-corrected chi connectivity index (χ4v) is 2.86. The lowest BCUT2D eigenvalue weighted by atomic mass is 10.1. The Morgan fingerprint density at radius 1 is 1.15 bits per heavy atom. The van der Waals surface area contributed by atoms with Gasteiger partial charge in [0, 0.05) is 6.07 Å². The highest BCUT2D eigenvalue weighted by molar-refractivity contribution is 6.42. The van der Waals surface area contributed by atoms with Gasteiger partial charge in [0.2, 0.25) is 0 Å². The van der Waals surface area contributed by atoms with Gasteiger partial charge in [-0.3, -0.25) is 10.1 Å². The molecule has 0 spiro atoms. The molecule has 5 nitrogen and oxygen atoms in total. The fourth-order valence-electron chi connectivity index (χ4n) is 2.56. The standard InChI is InChI=1S/C20H12Cl2N2O3/c1-12-2-5-16(19(8-12)24(25)26)20-7-4-15(27-20)9-14(11-23)13-3-6-17(21)18(22)10-13/h2-10H,1H3/b14-9-. The SMILES string of the molecule is Cc1ccc(-c2ccc(/C=C(/C#N)c3ccc(Cl)c(Cl)c3)o2)c([N+](=O)[O-])c1. The van der Waals surface area contributed by atoms with Crippen molar-refractivity contribution in [2.75, 3.05) is 0 Å². The topological polar surface area (TPSA) is 80.1 Å². The zero-order valence-corrected chi connectivity index (χ0v) is 15.6. The molecule has 0 amide bonds. The van der Waals surface area contributed by atoms with Crippen molar-refractivity contribution in [1.29, 1.82) is 5.26 Å². The lowest BCUT2D eigenvalue weighted by Gasteiger charge is -2.02. The second-order valence-electron chi connectivity index (χ2n) is 5.78. The second-order valence-corrected chi connectivity index (χ2v) is 6.59. The van der Waals surface area contributed by atoms with Gasteiger partial charge in [0.15, 0.2) is 0 Å².